The van der Waals surface area contributed by atoms with Crippen molar-refractivity contribution in [2.45, 2.75) is 33.4 Å². The number of rotatable bonds is 4. The summed E-state index contributed by atoms with van der Waals surface area (Å²) in [6.07, 6.45) is 1.96. The molecule has 2 aromatic carbocycles. The number of hydrogen-bond acceptors (Lipinski definition) is 3. The fourth-order valence-electron chi connectivity index (χ4n) is 4.69. The lowest BCUT2D eigenvalue weighted by Crippen LogP contribution is -2.38. The average molecular weight is 471 g/mol. The summed E-state index contributed by atoms with van der Waals surface area (Å²) < 4.78 is 21.6. The number of benzene rings is 2. The van der Waals surface area contributed by atoms with Gasteiger partial charge in [0.1, 0.15) is 17.4 Å². The van der Waals surface area contributed by atoms with E-state index in [0.717, 1.165) is 33.9 Å². The predicted molar refractivity (Wildman–Crippen MR) is 133 cm³/mol. The predicted octanol–water partition coefficient (Wildman–Crippen LogP) is 6.16. The fourth-order valence-corrected chi connectivity index (χ4v) is 4.69. The molecule has 2 amide bonds. The van der Waals surface area contributed by atoms with Gasteiger partial charge < -0.3 is 19.5 Å². The molecule has 0 radical (unpaired) electrons. The van der Waals surface area contributed by atoms with Gasteiger partial charge in [0.05, 0.1) is 30.6 Å². The van der Waals surface area contributed by atoms with Gasteiger partial charge in [-0.3, -0.25) is 0 Å². The maximum Gasteiger partial charge on any atom is 0.323 e. The molecule has 3 heterocycles. The van der Waals surface area contributed by atoms with Crippen molar-refractivity contribution in [3.63, 3.8) is 0 Å². The number of carbonyl (C=O) groups is 1. The van der Waals surface area contributed by atoms with Crippen LogP contribution in [-0.2, 0) is 6.54 Å². The minimum Gasteiger partial charge on any atom is -0.492 e. The number of nitrogens with zero attached hydrogens (tertiary/aromatic N) is 3. The van der Waals surface area contributed by atoms with Crippen LogP contribution in [0.15, 0.2) is 72.9 Å². The summed E-state index contributed by atoms with van der Waals surface area (Å²) in [5.74, 6) is 1.09. The quantitative estimate of drug-likeness (QED) is 0.388. The van der Waals surface area contributed by atoms with Gasteiger partial charge in [0, 0.05) is 17.5 Å². The second-order valence-corrected chi connectivity index (χ2v) is 8.63. The standard InChI is InChI=1S/C28H27FN4O2/c1-4-35-25-10-6-5-8-23(25)31-28(34)33-17-22-18(2)16-19(3)30-27(22)32-15-7-9-24(32)26(33)20-11-13-21(29)14-12-20/h5-16,26H,4,17H2,1-3H3,(H,31,34). The third-order valence-corrected chi connectivity index (χ3v) is 6.26. The van der Waals surface area contributed by atoms with Crippen LogP contribution in [0.1, 0.15) is 41.0 Å². The SMILES string of the molecule is CCOc1ccccc1NC(=O)N1Cc2c(C)cc(C)nc2-n2cccc2C1c1ccc(F)cc1. The van der Waals surface area contributed by atoms with Crippen LogP contribution >= 0.6 is 0 Å². The first-order chi connectivity index (χ1) is 17.0. The number of carbonyl (C=O) groups excluding carboxylic acids is 1. The largest absolute Gasteiger partial charge is 0.492 e. The lowest BCUT2D eigenvalue weighted by atomic mass is 10.0. The van der Waals surface area contributed by atoms with Gasteiger partial charge in [-0.2, -0.15) is 0 Å². The number of aryl methyl sites for hydroxylation is 2. The molecular weight excluding hydrogens is 443 g/mol. The van der Waals surface area contributed by atoms with E-state index in [4.69, 9.17) is 9.72 Å². The first-order valence-electron chi connectivity index (χ1n) is 11.7. The van der Waals surface area contributed by atoms with Crippen molar-refractivity contribution in [2.75, 3.05) is 11.9 Å². The Bertz CT molecular complexity index is 1380. The number of nitrogens with one attached hydrogen (secondary N) is 1. The van der Waals surface area contributed by atoms with E-state index < -0.39 is 6.04 Å². The number of hydrogen-bond donors (Lipinski definition) is 1. The van der Waals surface area contributed by atoms with E-state index in [-0.39, 0.29) is 11.8 Å². The van der Waals surface area contributed by atoms with Gasteiger partial charge in [-0.1, -0.05) is 24.3 Å². The molecule has 35 heavy (non-hydrogen) atoms. The molecule has 2 aromatic heterocycles. The van der Waals surface area contributed by atoms with Gasteiger partial charge in [0.25, 0.3) is 0 Å². The maximum absolute atomic E-state index is 13.9. The van der Waals surface area contributed by atoms with E-state index in [1.807, 2.05) is 74.0 Å². The zero-order valence-electron chi connectivity index (χ0n) is 20.0. The molecule has 0 saturated carbocycles. The van der Waals surface area contributed by atoms with Crippen LogP contribution in [0.2, 0.25) is 0 Å². The number of fused-ring (bicyclic) bond motifs is 3. The highest BCUT2D eigenvalue weighted by atomic mass is 19.1. The van der Waals surface area contributed by atoms with Crippen LogP contribution < -0.4 is 10.1 Å². The summed E-state index contributed by atoms with van der Waals surface area (Å²) in [4.78, 5) is 20.5. The van der Waals surface area contributed by atoms with Crippen molar-refractivity contribution in [3.05, 3.63) is 107 Å². The summed E-state index contributed by atoms with van der Waals surface area (Å²) >= 11 is 0. The van der Waals surface area contributed by atoms with Crippen LogP contribution in [0, 0.1) is 19.7 Å². The Balaban J connectivity index is 1.65. The smallest absolute Gasteiger partial charge is 0.323 e. The number of anilines is 1. The Labute approximate surface area is 204 Å². The van der Waals surface area contributed by atoms with Crippen molar-refractivity contribution in [1.82, 2.24) is 14.5 Å². The third kappa shape index (κ3) is 4.25. The molecule has 0 saturated heterocycles. The van der Waals surface area contributed by atoms with E-state index >= 15 is 0 Å². The number of amides is 2. The summed E-state index contributed by atoms with van der Waals surface area (Å²) in [7, 11) is 0. The highest BCUT2D eigenvalue weighted by Gasteiger charge is 2.34. The minimum atomic E-state index is -0.459. The monoisotopic (exact) mass is 470 g/mol. The van der Waals surface area contributed by atoms with Gasteiger partial charge in [0.15, 0.2) is 0 Å². The molecule has 0 bridgehead atoms. The summed E-state index contributed by atoms with van der Waals surface area (Å²) in [6, 6.07) is 18.9. The Morgan fingerprint density at radius 2 is 1.89 bits per heavy atom. The molecule has 0 fully saturated rings. The normalized spacial score (nSPS) is 14.6. The van der Waals surface area contributed by atoms with Gasteiger partial charge >= 0.3 is 6.03 Å². The third-order valence-electron chi connectivity index (χ3n) is 6.26. The first-order valence-corrected chi connectivity index (χ1v) is 11.7. The molecule has 4 aromatic rings. The topological polar surface area (TPSA) is 59.4 Å². The van der Waals surface area contributed by atoms with E-state index in [2.05, 4.69) is 5.32 Å². The van der Waals surface area contributed by atoms with E-state index in [1.165, 1.54) is 12.1 Å². The second kappa shape index (κ2) is 9.25. The van der Waals surface area contributed by atoms with Crippen LogP contribution in [0.25, 0.3) is 5.82 Å². The Morgan fingerprint density at radius 1 is 1.11 bits per heavy atom. The Morgan fingerprint density at radius 3 is 2.66 bits per heavy atom. The van der Waals surface area contributed by atoms with Crippen molar-refractivity contribution in [3.8, 4) is 11.6 Å². The van der Waals surface area contributed by atoms with Crippen LogP contribution in [-0.4, -0.2) is 27.1 Å². The molecule has 1 unspecified atom stereocenters. The molecule has 0 spiro atoms. The average Bonchev–Trinajstić information content (AvgIpc) is 3.26. The highest BCUT2D eigenvalue weighted by molar-refractivity contribution is 5.91. The molecule has 7 heteroatoms. The van der Waals surface area contributed by atoms with Gasteiger partial charge in [-0.25, -0.2) is 14.2 Å². The number of para-hydroxylation sites is 2. The summed E-state index contributed by atoms with van der Waals surface area (Å²) in [5.41, 5.74) is 5.20. The molecule has 178 valence electrons. The van der Waals surface area contributed by atoms with Gasteiger partial charge in [-0.15, -0.1) is 0 Å². The number of ether oxygens (including phenoxy) is 1. The van der Waals surface area contributed by atoms with Crippen LogP contribution in [0.5, 0.6) is 5.75 Å². The Hall–Kier alpha value is -4.13. The zero-order chi connectivity index (χ0) is 24.5. The van der Waals surface area contributed by atoms with Crippen molar-refractivity contribution < 1.29 is 13.9 Å². The molecule has 5 rings (SSSR count). The highest BCUT2D eigenvalue weighted by Crippen LogP contribution is 2.38. The molecule has 1 atom stereocenters. The number of halogens is 1. The Kier molecular flexibility index (Phi) is 5.99. The lowest BCUT2D eigenvalue weighted by molar-refractivity contribution is 0.194. The first kappa shape index (κ1) is 22.7. The maximum atomic E-state index is 13.9. The van der Waals surface area contributed by atoms with Gasteiger partial charge in [0.2, 0.25) is 0 Å². The van der Waals surface area contributed by atoms with Crippen molar-refractivity contribution in [1.29, 1.82) is 0 Å². The number of pyridine rings is 1. The second-order valence-electron chi connectivity index (χ2n) is 8.63. The summed E-state index contributed by atoms with van der Waals surface area (Å²) in [6.45, 7) is 6.73. The molecule has 1 aliphatic heterocycles. The number of aromatic nitrogens is 2. The van der Waals surface area contributed by atoms with E-state index in [0.29, 0.717) is 24.6 Å². The van der Waals surface area contributed by atoms with E-state index in [1.54, 1.807) is 17.0 Å². The zero-order valence-corrected chi connectivity index (χ0v) is 20.0. The molecule has 0 aliphatic carbocycles. The van der Waals surface area contributed by atoms with Crippen molar-refractivity contribution >= 4 is 11.7 Å². The van der Waals surface area contributed by atoms with Gasteiger partial charge in [-0.05, 0) is 74.4 Å². The number of urea groups is 1. The lowest BCUT2D eigenvalue weighted by Gasteiger charge is -2.31. The molecule has 1 aliphatic rings. The summed E-state index contributed by atoms with van der Waals surface area (Å²) in [5, 5.41) is 3.05. The fraction of sp³-hybridized carbons (Fsp3) is 0.214. The van der Waals surface area contributed by atoms with Crippen LogP contribution in [0.4, 0.5) is 14.9 Å². The molecule has 1 N–H and O–H groups in total. The molecule has 6 nitrogen and oxygen atoms in total. The van der Waals surface area contributed by atoms with E-state index in [9.17, 15) is 9.18 Å². The van der Waals surface area contributed by atoms with Crippen LogP contribution in [0.3, 0.4) is 0 Å². The van der Waals surface area contributed by atoms with Crippen molar-refractivity contribution in [2.24, 2.45) is 0 Å². The minimum absolute atomic E-state index is 0.285. The molecular formula is C28H27FN4O2.